The van der Waals surface area contributed by atoms with Crippen LogP contribution in [-0.2, 0) is 4.79 Å². The fraction of sp³-hybridized carbons (Fsp3) is 0.231. The molecule has 2 N–H and O–H groups in total. The average Bonchev–Trinajstić information content (AvgIpc) is 3.39. The Morgan fingerprint density at radius 1 is 0.914 bits per heavy atom. The Kier molecular flexibility index (Phi) is 9.14. The SMILES string of the molecule is COc1ccc(C(=O)N/C(=C\c2cccs2)C(=O)N[C@H](C)COc2ccccc2OC)cc1OC. The molecule has 0 unspecified atom stereocenters. The van der Waals surface area contributed by atoms with Crippen LogP contribution < -0.4 is 29.6 Å². The van der Waals surface area contributed by atoms with E-state index < -0.39 is 11.8 Å². The van der Waals surface area contributed by atoms with Gasteiger partial charge in [0.1, 0.15) is 12.3 Å². The Hall–Kier alpha value is -3.98. The van der Waals surface area contributed by atoms with Gasteiger partial charge in [-0.15, -0.1) is 11.3 Å². The van der Waals surface area contributed by atoms with Crippen LogP contribution in [0.3, 0.4) is 0 Å². The molecule has 9 heteroatoms. The summed E-state index contributed by atoms with van der Waals surface area (Å²) in [6, 6.07) is 15.4. The first kappa shape index (κ1) is 25.6. The van der Waals surface area contributed by atoms with E-state index >= 15 is 0 Å². The second-order valence-corrected chi connectivity index (χ2v) is 8.41. The molecular weight excluding hydrogens is 468 g/mol. The number of amides is 2. The largest absolute Gasteiger partial charge is 0.493 e. The van der Waals surface area contributed by atoms with Crippen molar-refractivity contribution in [2.45, 2.75) is 13.0 Å². The lowest BCUT2D eigenvalue weighted by molar-refractivity contribution is -0.118. The summed E-state index contributed by atoms with van der Waals surface area (Å²) in [6.07, 6.45) is 1.63. The maximum absolute atomic E-state index is 13.1. The number of nitrogens with one attached hydrogen (secondary N) is 2. The van der Waals surface area contributed by atoms with E-state index in [0.717, 1.165) is 4.88 Å². The summed E-state index contributed by atoms with van der Waals surface area (Å²) in [6.45, 7) is 2.02. The number of methoxy groups -OCH3 is 3. The molecular formula is C26H28N2O6S. The molecule has 0 bridgehead atoms. The van der Waals surface area contributed by atoms with E-state index in [1.165, 1.54) is 25.6 Å². The van der Waals surface area contributed by atoms with Gasteiger partial charge in [0.25, 0.3) is 11.8 Å². The number of carbonyl (C=O) groups excluding carboxylic acids is 2. The van der Waals surface area contributed by atoms with Gasteiger partial charge in [-0.05, 0) is 54.8 Å². The number of hydrogen-bond acceptors (Lipinski definition) is 7. The highest BCUT2D eigenvalue weighted by atomic mass is 32.1. The highest BCUT2D eigenvalue weighted by Gasteiger charge is 2.19. The van der Waals surface area contributed by atoms with Crippen molar-refractivity contribution in [2.75, 3.05) is 27.9 Å². The van der Waals surface area contributed by atoms with Gasteiger partial charge in [0, 0.05) is 10.4 Å². The van der Waals surface area contributed by atoms with Crippen molar-refractivity contribution in [3.05, 3.63) is 76.1 Å². The Labute approximate surface area is 208 Å². The minimum absolute atomic E-state index is 0.108. The second-order valence-electron chi connectivity index (χ2n) is 7.43. The molecule has 0 spiro atoms. The Bertz CT molecular complexity index is 1180. The number of para-hydroxylation sites is 2. The van der Waals surface area contributed by atoms with Gasteiger partial charge in [-0.2, -0.15) is 0 Å². The van der Waals surface area contributed by atoms with Crippen LogP contribution in [0.2, 0.25) is 0 Å². The average molecular weight is 497 g/mol. The molecule has 1 heterocycles. The lowest BCUT2D eigenvalue weighted by atomic mass is 10.1. The van der Waals surface area contributed by atoms with Gasteiger partial charge in [-0.3, -0.25) is 9.59 Å². The lowest BCUT2D eigenvalue weighted by Gasteiger charge is -2.18. The molecule has 3 aromatic rings. The predicted molar refractivity (Wildman–Crippen MR) is 135 cm³/mol. The maximum atomic E-state index is 13.1. The first-order valence-electron chi connectivity index (χ1n) is 10.8. The summed E-state index contributed by atoms with van der Waals surface area (Å²) in [5, 5.41) is 7.48. The molecule has 0 saturated carbocycles. The van der Waals surface area contributed by atoms with E-state index in [4.69, 9.17) is 18.9 Å². The van der Waals surface area contributed by atoms with Crippen LogP contribution >= 0.6 is 11.3 Å². The zero-order valence-electron chi connectivity index (χ0n) is 20.0. The van der Waals surface area contributed by atoms with Crippen LogP contribution in [0.5, 0.6) is 23.0 Å². The van der Waals surface area contributed by atoms with E-state index in [1.807, 2.05) is 36.6 Å². The summed E-state index contributed by atoms with van der Waals surface area (Å²) >= 11 is 1.45. The fourth-order valence-electron chi connectivity index (χ4n) is 3.14. The molecule has 0 aliphatic carbocycles. The van der Waals surface area contributed by atoms with Crippen molar-refractivity contribution >= 4 is 29.2 Å². The monoisotopic (exact) mass is 496 g/mol. The number of ether oxygens (including phenoxy) is 4. The lowest BCUT2D eigenvalue weighted by Crippen LogP contribution is -2.41. The molecule has 8 nitrogen and oxygen atoms in total. The minimum atomic E-state index is -0.457. The van der Waals surface area contributed by atoms with Crippen molar-refractivity contribution in [3.63, 3.8) is 0 Å². The third kappa shape index (κ3) is 7.00. The van der Waals surface area contributed by atoms with Gasteiger partial charge in [-0.25, -0.2) is 0 Å². The third-order valence-electron chi connectivity index (χ3n) is 4.90. The first-order chi connectivity index (χ1) is 16.9. The molecule has 35 heavy (non-hydrogen) atoms. The van der Waals surface area contributed by atoms with Gasteiger partial charge < -0.3 is 29.6 Å². The summed E-state index contributed by atoms with van der Waals surface area (Å²) < 4.78 is 21.6. The second kappa shape index (κ2) is 12.5. The molecule has 0 aliphatic heterocycles. The zero-order valence-corrected chi connectivity index (χ0v) is 20.8. The maximum Gasteiger partial charge on any atom is 0.268 e. The Morgan fingerprint density at radius 3 is 2.26 bits per heavy atom. The number of thiophene rings is 1. The summed E-state index contributed by atoms with van der Waals surface area (Å²) in [5.41, 5.74) is 0.427. The molecule has 0 saturated heterocycles. The van der Waals surface area contributed by atoms with Crippen molar-refractivity contribution in [3.8, 4) is 23.0 Å². The van der Waals surface area contributed by atoms with Gasteiger partial charge in [0.05, 0.1) is 27.4 Å². The highest BCUT2D eigenvalue weighted by Crippen LogP contribution is 2.28. The van der Waals surface area contributed by atoms with Crippen LogP contribution in [-0.4, -0.2) is 45.8 Å². The Morgan fingerprint density at radius 2 is 1.60 bits per heavy atom. The topological polar surface area (TPSA) is 95.1 Å². The van der Waals surface area contributed by atoms with Crippen LogP contribution in [0.15, 0.2) is 65.7 Å². The van der Waals surface area contributed by atoms with Gasteiger partial charge in [0.2, 0.25) is 0 Å². The quantitative estimate of drug-likeness (QED) is 0.388. The molecule has 2 aromatic carbocycles. The van der Waals surface area contributed by atoms with Crippen molar-refractivity contribution in [1.29, 1.82) is 0 Å². The van der Waals surface area contributed by atoms with Gasteiger partial charge >= 0.3 is 0 Å². The minimum Gasteiger partial charge on any atom is -0.493 e. The number of benzene rings is 2. The predicted octanol–water partition coefficient (Wildman–Crippen LogP) is 4.13. The smallest absolute Gasteiger partial charge is 0.268 e. The van der Waals surface area contributed by atoms with Crippen LogP contribution in [0.4, 0.5) is 0 Å². The highest BCUT2D eigenvalue weighted by molar-refractivity contribution is 7.10. The Balaban J connectivity index is 1.72. The van der Waals surface area contributed by atoms with E-state index in [-0.39, 0.29) is 18.3 Å². The molecule has 1 aromatic heterocycles. The molecule has 1 atom stereocenters. The fourth-order valence-corrected chi connectivity index (χ4v) is 3.80. The number of carbonyl (C=O) groups is 2. The van der Waals surface area contributed by atoms with E-state index in [2.05, 4.69) is 10.6 Å². The molecule has 0 aliphatic rings. The van der Waals surface area contributed by atoms with E-state index in [1.54, 1.807) is 43.5 Å². The molecule has 0 fully saturated rings. The molecule has 184 valence electrons. The van der Waals surface area contributed by atoms with Gasteiger partial charge in [0.15, 0.2) is 23.0 Å². The number of rotatable bonds is 11. The summed E-state index contributed by atoms with van der Waals surface area (Å²) in [4.78, 5) is 26.9. The van der Waals surface area contributed by atoms with Crippen LogP contribution in [0.1, 0.15) is 22.2 Å². The van der Waals surface area contributed by atoms with Crippen LogP contribution in [0, 0.1) is 0 Å². The molecule has 0 radical (unpaired) electrons. The number of hydrogen-bond donors (Lipinski definition) is 2. The molecule has 3 rings (SSSR count). The third-order valence-corrected chi connectivity index (χ3v) is 5.72. The van der Waals surface area contributed by atoms with Crippen LogP contribution in [0.25, 0.3) is 6.08 Å². The standard InChI is InChI=1S/C26H28N2O6S/c1-17(16-34-23-10-6-5-9-21(23)31-2)27-26(30)20(15-19-8-7-13-35-19)28-25(29)18-11-12-22(32-3)24(14-18)33-4/h5-15,17H,16H2,1-4H3,(H,27,30)(H,28,29)/b20-15-/t17-/m1/s1. The van der Waals surface area contributed by atoms with E-state index in [0.29, 0.717) is 28.6 Å². The summed E-state index contributed by atoms with van der Waals surface area (Å²) in [5.74, 6) is 1.19. The van der Waals surface area contributed by atoms with E-state index in [9.17, 15) is 9.59 Å². The van der Waals surface area contributed by atoms with Crippen molar-refractivity contribution < 1.29 is 28.5 Å². The first-order valence-corrected chi connectivity index (χ1v) is 11.7. The van der Waals surface area contributed by atoms with Crippen molar-refractivity contribution in [2.24, 2.45) is 0 Å². The van der Waals surface area contributed by atoms with Crippen molar-refractivity contribution in [1.82, 2.24) is 10.6 Å². The summed E-state index contributed by atoms with van der Waals surface area (Å²) in [7, 11) is 4.57. The normalized spacial score (nSPS) is 11.8. The molecule has 2 amide bonds. The zero-order chi connectivity index (χ0) is 25.2. The van der Waals surface area contributed by atoms with Gasteiger partial charge in [-0.1, -0.05) is 18.2 Å².